The van der Waals surface area contributed by atoms with Crippen LogP contribution in [-0.2, 0) is 0 Å². The molecule has 1 unspecified atom stereocenters. The van der Waals surface area contributed by atoms with E-state index < -0.39 is 12.7 Å². The molecule has 0 aromatic carbocycles. The van der Waals surface area contributed by atoms with Crippen LogP contribution < -0.4 is 5.32 Å². The first-order valence-electron chi connectivity index (χ1n) is 5.85. The number of halogens is 3. The van der Waals surface area contributed by atoms with Gasteiger partial charge in [-0.1, -0.05) is 0 Å². The summed E-state index contributed by atoms with van der Waals surface area (Å²) in [5.74, 6) is 1.05. The fourth-order valence-corrected chi connectivity index (χ4v) is 3.12. The first-order chi connectivity index (χ1) is 7.70. The summed E-state index contributed by atoms with van der Waals surface area (Å²) in [4.78, 5) is 2.26. The van der Waals surface area contributed by atoms with Crippen LogP contribution in [0.1, 0.15) is 20.8 Å². The first-order valence-corrected chi connectivity index (χ1v) is 6.84. The Morgan fingerprint density at radius 3 is 2.59 bits per heavy atom. The minimum atomic E-state index is -4.11. The van der Waals surface area contributed by atoms with Gasteiger partial charge in [-0.05, 0) is 20.8 Å². The Balaban J connectivity index is 2.30. The second kappa shape index (κ2) is 5.80. The molecule has 2 nitrogen and oxygen atoms in total. The van der Waals surface area contributed by atoms with Crippen LogP contribution in [0.15, 0.2) is 0 Å². The number of hydrogen-bond donors (Lipinski definition) is 1. The highest BCUT2D eigenvalue weighted by Crippen LogP contribution is 2.30. The van der Waals surface area contributed by atoms with Crippen LogP contribution in [0.5, 0.6) is 0 Å². The van der Waals surface area contributed by atoms with Crippen LogP contribution in [0.3, 0.4) is 0 Å². The lowest BCUT2D eigenvalue weighted by Crippen LogP contribution is -2.50. The highest BCUT2D eigenvalue weighted by atomic mass is 32.2. The van der Waals surface area contributed by atoms with Crippen molar-refractivity contribution in [2.75, 3.05) is 31.9 Å². The summed E-state index contributed by atoms with van der Waals surface area (Å²) in [6.07, 6.45) is -4.11. The minimum absolute atomic E-state index is 0.150. The molecule has 1 rings (SSSR count). The summed E-state index contributed by atoms with van der Waals surface area (Å²) in [6, 6.07) is 0.150. The van der Waals surface area contributed by atoms with Crippen molar-refractivity contribution in [1.82, 2.24) is 10.2 Å². The van der Waals surface area contributed by atoms with E-state index in [9.17, 15) is 13.2 Å². The number of rotatable bonds is 4. The molecule has 6 heteroatoms. The van der Waals surface area contributed by atoms with Crippen molar-refractivity contribution in [3.63, 3.8) is 0 Å². The molecule has 0 aromatic heterocycles. The third kappa shape index (κ3) is 5.97. The summed E-state index contributed by atoms with van der Waals surface area (Å²) in [7, 11) is 0. The maximum Gasteiger partial charge on any atom is 0.401 e. The van der Waals surface area contributed by atoms with Crippen LogP contribution in [0, 0.1) is 0 Å². The SMILES string of the molecule is CC(CNCC(F)(F)F)N1CCSC(C)(C)C1. The third-order valence-corrected chi connectivity index (χ3v) is 4.14. The third-order valence-electron chi connectivity index (χ3n) is 2.84. The predicted octanol–water partition coefficient (Wildman–Crippen LogP) is 2.35. The molecular formula is C11H21F3N2S. The molecule has 1 saturated heterocycles. The zero-order chi connectivity index (χ0) is 13.1. The van der Waals surface area contributed by atoms with E-state index in [1.807, 2.05) is 18.7 Å². The monoisotopic (exact) mass is 270 g/mol. The molecule has 102 valence electrons. The summed E-state index contributed by atoms with van der Waals surface area (Å²) in [5, 5.41) is 2.48. The lowest BCUT2D eigenvalue weighted by Gasteiger charge is -2.40. The molecule has 17 heavy (non-hydrogen) atoms. The largest absolute Gasteiger partial charge is 0.401 e. The molecule has 0 radical (unpaired) electrons. The van der Waals surface area contributed by atoms with E-state index in [0.717, 1.165) is 18.8 Å². The summed E-state index contributed by atoms with van der Waals surface area (Å²) in [5.41, 5.74) is 0. The van der Waals surface area contributed by atoms with Gasteiger partial charge in [-0.25, -0.2) is 0 Å². The molecule has 0 saturated carbocycles. The van der Waals surface area contributed by atoms with Gasteiger partial charge in [0.1, 0.15) is 0 Å². The van der Waals surface area contributed by atoms with Gasteiger partial charge in [0, 0.05) is 36.2 Å². The van der Waals surface area contributed by atoms with E-state index >= 15 is 0 Å². The van der Waals surface area contributed by atoms with E-state index in [-0.39, 0.29) is 10.8 Å². The Bertz CT molecular complexity index is 243. The van der Waals surface area contributed by atoms with Gasteiger partial charge in [0.05, 0.1) is 6.54 Å². The number of thioether (sulfide) groups is 1. The fourth-order valence-electron chi connectivity index (χ4n) is 1.98. The van der Waals surface area contributed by atoms with Gasteiger partial charge >= 0.3 is 6.18 Å². The number of nitrogens with one attached hydrogen (secondary N) is 1. The summed E-state index contributed by atoms with van der Waals surface area (Å²) in [6.45, 7) is 7.73. The summed E-state index contributed by atoms with van der Waals surface area (Å²) < 4.78 is 36.2. The highest BCUT2D eigenvalue weighted by Gasteiger charge is 2.30. The van der Waals surface area contributed by atoms with Crippen molar-refractivity contribution in [3.8, 4) is 0 Å². The van der Waals surface area contributed by atoms with Gasteiger partial charge in [0.2, 0.25) is 0 Å². The second-order valence-electron chi connectivity index (χ2n) is 5.17. The molecule has 0 spiro atoms. The number of hydrogen-bond acceptors (Lipinski definition) is 3. The van der Waals surface area contributed by atoms with Crippen molar-refractivity contribution >= 4 is 11.8 Å². The van der Waals surface area contributed by atoms with Crippen LogP contribution in [-0.4, -0.2) is 53.8 Å². The molecule has 1 aliphatic heterocycles. The highest BCUT2D eigenvalue weighted by molar-refractivity contribution is 8.00. The average molecular weight is 270 g/mol. The van der Waals surface area contributed by atoms with Gasteiger partial charge in [-0.2, -0.15) is 24.9 Å². The Labute approximate surface area is 105 Å². The Hall–Kier alpha value is 0.0600. The number of nitrogens with zero attached hydrogens (tertiary/aromatic N) is 1. The van der Waals surface area contributed by atoms with Gasteiger partial charge in [0.15, 0.2) is 0 Å². The standard InChI is InChI=1S/C11H21F3N2S/c1-9(6-15-7-11(12,13)14)16-4-5-17-10(2,3)8-16/h9,15H,4-8H2,1-3H3. The van der Waals surface area contributed by atoms with Gasteiger partial charge in [-0.15, -0.1) is 0 Å². The van der Waals surface area contributed by atoms with Gasteiger partial charge in [0.25, 0.3) is 0 Å². The molecule has 0 aliphatic carbocycles. The zero-order valence-corrected chi connectivity index (χ0v) is 11.4. The van der Waals surface area contributed by atoms with E-state index in [4.69, 9.17) is 0 Å². The van der Waals surface area contributed by atoms with Crippen molar-refractivity contribution in [2.45, 2.75) is 37.7 Å². The van der Waals surface area contributed by atoms with Crippen molar-refractivity contribution < 1.29 is 13.2 Å². The normalized spacial score (nSPS) is 23.6. The van der Waals surface area contributed by atoms with Gasteiger partial charge in [-0.3, -0.25) is 4.90 Å². The molecular weight excluding hydrogens is 249 g/mol. The van der Waals surface area contributed by atoms with Gasteiger partial charge < -0.3 is 5.32 Å². The maximum atomic E-state index is 12.0. The van der Waals surface area contributed by atoms with Crippen molar-refractivity contribution in [2.24, 2.45) is 0 Å². The number of alkyl halides is 3. The van der Waals surface area contributed by atoms with Crippen molar-refractivity contribution in [1.29, 1.82) is 0 Å². The Morgan fingerprint density at radius 2 is 2.06 bits per heavy atom. The quantitative estimate of drug-likeness (QED) is 0.844. The molecule has 0 amide bonds. The smallest absolute Gasteiger partial charge is 0.307 e. The van der Waals surface area contributed by atoms with Crippen LogP contribution in [0.2, 0.25) is 0 Å². The zero-order valence-electron chi connectivity index (χ0n) is 10.6. The van der Waals surface area contributed by atoms with E-state index in [1.54, 1.807) is 0 Å². The molecule has 1 N–H and O–H groups in total. The molecule has 1 fully saturated rings. The minimum Gasteiger partial charge on any atom is -0.307 e. The Morgan fingerprint density at radius 1 is 1.41 bits per heavy atom. The van der Waals surface area contributed by atoms with Crippen LogP contribution in [0.25, 0.3) is 0 Å². The predicted molar refractivity (Wildman–Crippen MR) is 66.5 cm³/mol. The van der Waals surface area contributed by atoms with Crippen molar-refractivity contribution in [3.05, 3.63) is 0 Å². The van der Waals surface area contributed by atoms with E-state index in [2.05, 4.69) is 24.1 Å². The molecule has 0 bridgehead atoms. The van der Waals surface area contributed by atoms with E-state index in [1.165, 1.54) is 0 Å². The topological polar surface area (TPSA) is 15.3 Å². The summed E-state index contributed by atoms with van der Waals surface area (Å²) >= 11 is 1.93. The van der Waals surface area contributed by atoms with Crippen LogP contribution in [0.4, 0.5) is 13.2 Å². The first kappa shape index (κ1) is 15.1. The van der Waals surface area contributed by atoms with Crippen LogP contribution >= 0.6 is 11.8 Å². The molecule has 0 aromatic rings. The lowest BCUT2D eigenvalue weighted by atomic mass is 10.1. The molecule has 1 heterocycles. The average Bonchev–Trinajstić information content (AvgIpc) is 2.13. The molecule has 1 atom stereocenters. The Kier molecular flexibility index (Phi) is 5.16. The van der Waals surface area contributed by atoms with E-state index in [0.29, 0.717) is 6.54 Å². The second-order valence-corrected chi connectivity index (χ2v) is 6.98. The molecule has 1 aliphatic rings. The fraction of sp³-hybridized carbons (Fsp3) is 1.00. The lowest BCUT2D eigenvalue weighted by molar-refractivity contribution is -0.125. The maximum absolute atomic E-state index is 12.0.